The van der Waals surface area contributed by atoms with Crippen molar-refractivity contribution in [3.8, 4) is 0 Å². The molecule has 0 bridgehead atoms. The molecule has 0 saturated heterocycles. The summed E-state index contributed by atoms with van der Waals surface area (Å²) in [7, 11) is 0. The minimum atomic E-state index is 0.388. The standard InChI is InChI=1S/C14H21N/c1-4-12(3)15-14(5-2)11-13-9-7-6-8-10-13/h4,6-10,12,14-15H,1,5,11H2,2-3H3. The van der Waals surface area contributed by atoms with Gasteiger partial charge < -0.3 is 5.32 Å². The van der Waals surface area contributed by atoms with Crippen LogP contribution in [0.3, 0.4) is 0 Å². The van der Waals surface area contributed by atoms with Crippen LogP contribution >= 0.6 is 0 Å². The highest BCUT2D eigenvalue weighted by Gasteiger charge is 2.08. The zero-order valence-corrected chi connectivity index (χ0v) is 9.74. The highest BCUT2D eigenvalue weighted by molar-refractivity contribution is 5.15. The Morgan fingerprint density at radius 3 is 2.53 bits per heavy atom. The Balaban J connectivity index is 2.50. The average molecular weight is 203 g/mol. The van der Waals surface area contributed by atoms with Gasteiger partial charge in [0, 0.05) is 12.1 Å². The monoisotopic (exact) mass is 203 g/mol. The van der Waals surface area contributed by atoms with Gasteiger partial charge in [-0.3, -0.25) is 0 Å². The van der Waals surface area contributed by atoms with Crippen molar-refractivity contribution in [2.75, 3.05) is 0 Å². The molecule has 1 nitrogen and oxygen atoms in total. The Morgan fingerprint density at radius 1 is 1.33 bits per heavy atom. The lowest BCUT2D eigenvalue weighted by molar-refractivity contribution is 0.470. The highest BCUT2D eigenvalue weighted by atomic mass is 14.9. The molecular formula is C14H21N. The molecule has 0 fully saturated rings. The Labute approximate surface area is 93.2 Å². The van der Waals surface area contributed by atoms with Crippen molar-refractivity contribution < 1.29 is 0 Å². The molecule has 0 amide bonds. The minimum Gasteiger partial charge on any atom is -0.308 e. The Bertz CT molecular complexity index is 279. The first kappa shape index (κ1) is 12.0. The smallest absolute Gasteiger partial charge is 0.0221 e. The van der Waals surface area contributed by atoms with E-state index in [9.17, 15) is 0 Å². The SMILES string of the molecule is C=CC(C)NC(CC)Cc1ccccc1. The Morgan fingerprint density at radius 2 is 2.00 bits per heavy atom. The summed E-state index contributed by atoms with van der Waals surface area (Å²) >= 11 is 0. The van der Waals surface area contributed by atoms with Gasteiger partial charge in [-0.2, -0.15) is 0 Å². The zero-order valence-electron chi connectivity index (χ0n) is 9.74. The molecule has 1 heteroatoms. The van der Waals surface area contributed by atoms with E-state index in [0.29, 0.717) is 12.1 Å². The van der Waals surface area contributed by atoms with Crippen molar-refractivity contribution in [2.24, 2.45) is 0 Å². The summed E-state index contributed by atoms with van der Waals surface area (Å²) in [5, 5.41) is 3.55. The molecule has 1 rings (SSSR count). The first-order chi connectivity index (χ1) is 7.26. The molecule has 0 radical (unpaired) electrons. The summed E-state index contributed by atoms with van der Waals surface area (Å²) in [6.07, 6.45) is 4.19. The molecule has 0 aliphatic carbocycles. The lowest BCUT2D eigenvalue weighted by Crippen LogP contribution is -2.36. The van der Waals surface area contributed by atoms with Crippen LogP contribution in [0.25, 0.3) is 0 Å². The lowest BCUT2D eigenvalue weighted by atomic mass is 10.0. The van der Waals surface area contributed by atoms with Crippen molar-refractivity contribution in [3.05, 3.63) is 48.6 Å². The minimum absolute atomic E-state index is 0.388. The van der Waals surface area contributed by atoms with Crippen molar-refractivity contribution >= 4 is 0 Å². The fraction of sp³-hybridized carbons (Fsp3) is 0.429. The third-order valence-corrected chi connectivity index (χ3v) is 2.67. The molecule has 1 N–H and O–H groups in total. The zero-order chi connectivity index (χ0) is 11.1. The lowest BCUT2D eigenvalue weighted by Gasteiger charge is -2.20. The van der Waals surface area contributed by atoms with E-state index in [1.165, 1.54) is 5.56 Å². The molecule has 0 aliphatic heterocycles. The maximum atomic E-state index is 3.79. The van der Waals surface area contributed by atoms with E-state index in [4.69, 9.17) is 0 Å². The summed E-state index contributed by atoms with van der Waals surface area (Å²) in [6, 6.07) is 11.5. The van der Waals surface area contributed by atoms with Crippen LogP contribution in [0.2, 0.25) is 0 Å². The van der Waals surface area contributed by atoms with Crippen molar-refractivity contribution in [3.63, 3.8) is 0 Å². The topological polar surface area (TPSA) is 12.0 Å². The second-order valence-corrected chi connectivity index (χ2v) is 3.99. The van der Waals surface area contributed by atoms with Gasteiger partial charge in [0.05, 0.1) is 0 Å². The fourth-order valence-corrected chi connectivity index (χ4v) is 1.66. The van der Waals surface area contributed by atoms with Crippen LogP contribution in [0.15, 0.2) is 43.0 Å². The summed E-state index contributed by atoms with van der Waals surface area (Å²) in [5.74, 6) is 0. The Kier molecular flexibility index (Phi) is 5.13. The highest BCUT2D eigenvalue weighted by Crippen LogP contribution is 2.06. The molecule has 15 heavy (non-hydrogen) atoms. The van der Waals surface area contributed by atoms with Crippen molar-refractivity contribution in [1.29, 1.82) is 0 Å². The van der Waals surface area contributed by atoms with Gasteiger partial charge in [-0.05, 0) is 25.3 Å². The molecule has 0 heterocycles. The fourth-order valence-electron chi connectivity index (χ4n) is 1.66. The number of nitrogens with one attached hydrogen (secondary N) is 1. The van der Waals surface area contributed by atoms with Crippen LogP contribution in [0.1, 0.15) is 25.8 Å². The third-order valence-electron chi connectivity index (χ3n) is 2.67. The average Bonchev–Trinajstić information content (AvgIpc) is 2.29. The first-order valence-electron chi connectivity index (χ1n) is 5.68. The molecule has 0 spiro atoms. The molecule has 1 aromatic rings. The van der Waals surface area contributed by atoms with E-state index in [1.54, 1.807) is 0 Å². The summed E-state index contributed by atoms with van der Waals surface area (Å²) < 4.78 is 0. The Hall–Kier alpha value is -1.08. The van der Waals surface area contributed by atoms with Crippen molar-refractivity contribution in [2.45, 2.75) is 38.8 Å². The normalized spacial score (nSPS) is 14.5. The van der Waals surface area contributed by atoms with Crippen LogP contribution in [0, 0.1) is 0 Å². The summed E-state index contributed by atoms with van der Waals surface area (Å²) in [6.45, 7) is 8.15. The van der Waals surface area contributed by atoms with Crippen LogP contribution in [0.5, 0.6) is 0 Å². The van der Waals surface area contributed by atoms with Crippen LogP contribution in [-0.4, -0.2) is 12.1 Å². The maximum absolute atomic E-state index is 3.79. The van der Waals surface area contributed by atoms with Crippen LogP contribution in [0.4, 0.5) is 0 Å². The van der Waals surface area contributed by atoms with E-state index in [-0.39, 0.29) is 0 Å². The summed E-state index contributed by atoms with van der Waals surface area (Å²) in [5.41, 5.74) is 1.40. The summed E-state index contributed by atoms with van der Waals surface area (Å²) in [4.78, 5) is 0. The van der Waals surface area contributed by atoms with E-state index in [0.717, 1.165) is 12.8 Å². The van der Waals surface area contributed by atoms with Gasteiger partial charge in [-0.1, -0.05) is 43.3 Å². The van der Waals surface area contributed by atoms with Crippen LogP contribution in [-0.2, 0) is 6.42 Å². The van der Waals surface area contributed by atoms with Gasteiger partial charge in [0.2, 0.25) is 0 Å². The number of hydrogen-bond acceptors (Lipinski definition) is 1. The molecule has 1 aromatic carbocycles. The molecular weight excluding hydrogens is 182 g/mol. The van der Waals surface area contributed by atoms with Gasteiger partial charge in [0.25, 0.3) is 0 Å². The molecule has 0 saturated carbocycles. The van der Waals surface area contributed by atoms with Gasteiger partial charge in [0.15, 0.2) is 0 Å². The van der Waals surface area contributed by atoms with E-state index in [1.807, 2.05) is 6.08 Å². The first-order valence-corrected chi connectivity index (χ1v) is 5.68. The van der Waals surface area contributed by atoms with Gasteiger partial charge in [0.1, 0.15) is 0 Å². The molecule has 2 atom stereocenters. The van der Waals surface area contributed by atoms with Gasteiger partial charge in [-0.15, -0.1) is 6.58 Å². The van der Waals surface area contributed by atoms with Gasteiger partial charge >= 0.3 is 0 Å². The predicted molar refractivity (Wildman–Crippen MR) is 67.0 cm³/mol. The molecule has 82 valence electrons. The third kappa shape index (κ3) is 4.30. The predicted octanol–water partition coefficient (Wildman–Crippen LogP) is 3.17. The van der Waals surface area contributed by atoms with E-state index < -0.39 is 0 Å². The largest absolute Gasteiger partial charge is 0.308 e. The van der Waals surface area contributed by atoms with E-state index in [2.05, 4.69) is 56.1 Å². The molecule has 0 aliphatic rings. The second-order valence-electron chi connectivity index (χ2n) is 3.99. The van der Waals surface area contributed by atoms with Gasteiger partial charge in [-0.25, -0.2) is 0 Å². The van der Waals surface area contributed by atoms with Crippen molar-refractivity contribution in [1.82, 2.24) is 5.32 Å². The quantitative estimate of drug-likeness (QED) is 0.700. The second kappa shape index (κ2) is 6.41. The molecule has 2 unspecified atom stereocenters. The number of rotatable bonds is 6. The number of benzene rings is 1. The maximum Gasteiger partial charge on any atom is 0.0221 e. The molecule has 0 aromatic heterocycles. The van der Waals surface area contributed by atoms with E-state index >= 15 is 0 Å². The van der Waals surface area contributed by atoms with Crippen LogP contribution < -0.4 is 5.32 Å². The number of hydrogen-bond donors (Lipinski definition) is 1.